The Balaban J connectivity index is 1.51. The van der Waals surface area contributed by atoms with E-state index in [1.165, 1.54) is 13.4 Å². The van der Waals surface area contributed by atoms with Gasteiger partial charge in [-0.05, 0) is 29.8 Å². The van der Waals surface area contributed by atoms with Crippen molar-refractivity contribution in [1.82, 2.24) is 20.3 Å². The van der Waals surface area contributed by atoms with E-state index >= 15 is 0 Å². The molecular weight excluding hydrogens is 561 g/mol. The Morgan fingerprint density at radius 1 is 1.05 bits per heavy atom. The molecule has 0 bridgehead atoms. The molecular formula is C28H18Cl3N5O3. The number of esters is 1. The molecule has 39 heavy (non-hydrogen) atoms. The van der Waals surface area contributed by atoms with Gasteiger partial charge < -0.3 is 15.0 Å². The largest absolute Gasteiger partial charge is 0.467 e. The Labute approximate surface area is 237 Å². The van der Waals surface area contributed by atoms with Crippen molar-refractivity contribution in [3.05, 3.63) is 92.8 Å². The average molecular weight is 579 g/mol. The Morgan fingerprint density at radius 2 is 1.85 bits per heavy atom. The minimum Gasteiger partial charge on any atom is -0.467 e. The zero-order valence-electron chi connectivity index (χ0n) is 20.3. The molecule has 0 saturated carbocycles. The Morgan fingerprint density at radius 3 is 2.59 bits per heavy atom. The van der Waals surface area contributed by atoms with Gasteiger partial charge in [0.2, 0.25) is 0 Å². The van der Waals surface area contributed by atoms with Crippen molar-refractivity contribution in [2.24, 2.45) is 0 Å². The number of methoxy groups -OCH3 is 1. The van der Waals surface area contributed by atoms with E-state index in [-0.39, 0.29) is 22.0 Å². The van der Waals surface area contributed by atoms with Crippen LogP contribution in [0.15, 0.2) is 61.1 Å². The molecule has 11 heteroatoms. The number of hydrogen-bond donors (Lipinski definition) is 2. The number of H-pyrrole nitrogens is 1. The third-order valence-corrected chi connectivity index (χ3v) is 7.28. The number of imidazole rings is 1. The highest BCUT2D eigenvalue weighted by atomic mass is 35.5. The van der Waals surface area contributed by atoms with Crippen molar-refractivity contribution in [2.75, 3.05) is 7.11 Å². The smallest absolute Gasteiger partial charge is 0.328 e. The number of halogens is 3. The normalized spacial score (nSPS) is 11.8. The minimum absolute atomic E-state index is 0.00386. The molecule has 5 rings (SSSR count). The summed E-state index contributed by atoms with van der Waals surface area (Å²) in [5.74, 6) is -1.29. The van der Waals surface area contributed by atoms with Gasteiger partial charge in [0, 0.05) is 34.2 Å². The van der Waals surface area contributed by atoms with Gasteiger partial charge >= 0.3 is 5.97 Å². The highest BCUT2D eigenvalue weighted by molar-refractivity contribution is 6.43. The summed E-state index contributed by atoms with van der Waals surface area (Å²) in [5.41, 5.74) is 4.26. The Bertz CT molecular complexity index is 1810. The molecule has 2 N–H and O–H groups in total. The number of carbonyl (C=O) groups is 2. The number of nitrogens with zero attached hydrogens (tertiary/aromatic N) is 3. The highest BCUT2D eigenvalue weighted by Crippen LogP contribution is 2.35. The number of rotatable bonds is 6. The number of carbonyl (C=O) groups excluding carboxylic acids is 2. The molecule has 0 aliphatic rings. The first-order valence-electron chi connectivity index (χ1n) is 11.6. The molecule has 0 unspecified atom stereocenters. The van der Waals surface area contributed by atoms with E-state index < -0.39 is 17.9 Å². The van der Waals surface area contributed by atoms with Gasteiger partial charge in [-0.25, -0.2) is 9.78 Å². The molecule has 0 aliphatic carbocycles. The molecule has 0 aliphatic heterocycles. The topological polar surface area (TPSA) is 121 Å². The van der Waals surface area contributed by atoms with Crippen LogP contribution < -0.4 is 5.32 Å². The van der Waals surface area contributed by atoms with Crippen LogP contribution in [-0.2, 0) is 16.0 Å². The van der Waals surface area contributed by atoms with Gasteiger partial charge in [-0.3, -0.25) is 9.78 Å². The molecule has 1 amide bonds. The second-order valence-corrected chi connectivity index (χ2v) is 9.77. The third-order valence-electron chi connectivity index (χ3n) is 6.30. The lowest BCUT2D eigenvalue weighted by Gasteiger charge is -2.19. The fraction of sp³-hybridized carbons (Fsp3) is 0.107. The van der Waals surface area contributed by atoms with Crippen LogP contribution in [-0.4, -0.2) is 40.0 Å². The number of fused-ring (bicyclic) bond motifs is 2. The van der Waals surface area contributed by atoms with Crippen LogP contribution in [0.1, 0.15) is 21.5 Å². The first-order chi connectivity index (χ1) is 18.8. The van der Waals surface area contributed by atoms with Crippen LogP contribution in [0.25, 0.3) is 33.1 Å². The molecule has 2 heterocycles. The average Bonchev–Trinajstić information content (AvgIpc) is 3.41. The molecule has 0 spiro atoms. The minimum atomic E-state index is -1.06. The molecule has 0 saturated heterocycles. The zero-order chi connectivity index (χ0) is 27.7. The third kappa shape index (κ3) is 5.00. The summed E-state index contributed by atoms with van der Waals surface area (Å²) in [6.07, 6.45) is 3.20. The monoisotopic (exact) mass is 577 g/mol. The predicted octanol–water partition coefficient (Wildman–Crippen LogP) is 6.12. The molecule has 3 aromatic carbocycles. The highest BCUT2D eigenvalue weighted by Gasteiger charge is 2.27. The van der Waals surface area contributed by atoms with Crippen molar-refractivity contribution in [3.8, 4) is 17.2 Å². The van der Waals surface area contributed by atoms with Gasteiger partial charge in [-0.15, -0.1) is 0 Å². The summed E-state index contributed by atoms with van der Waals surface area (Å²) >= 11 is 19.3. The maximum Gasteiger partial charge on any atom is 0.328 e. The first-order valence-corrected chi connectivity index (χ1v) is 12.7. The van der Waals surface area contributed by atoms with Gasteiger partial charge in [0.15, 0.2) is 0 Å². The lowest BCUT2D eigenvalue weighted by molar-refractivity contribution is -0.142. The van der Waals surface area contributed by atoms with Crippen molar-refractivity contribution in [1.29, 1.82) is 5.26 Å². The first kappa shape index (κ1) is 26.4. The number of nitrogens with one attached hydrogen (secondary N) is 2. The number of aromatic nitrogens is 3. The fourth-order valence-electron chi connectivity index (χ4n) is 4.44. The van der Waals surface area contributed by atoms with E-state index in [0.29, 0.717) is 32.7 Å². The number of benzene rings is 3. The number of nitriles is 1. The summed E-state index contributed by atoms with van der Waals surface area (Å²) in [6, 6.07) is 14.9. The maximum absolute atomic E-state index is 13.3. The molecule has 0 radical (unpaired) electrons. The van der Waals surface area contributed by atoms with Crippen LogP contribution >= 0.6 is 34.8 Å². The summed E-state index contributed by atoms with van der Waals surface area (Å²) in [7, 11) is 1.24. The molecule has 1 atom stereocenters. The zero-order valence-corrected chi connectivity index (χ0v) is 22.5. The van der Waals surface area contributed by atoms with Crippen LogP contribution in [0.3, 0.4) is 0 Å². The summed E-state index contributed by atoms with van der Waals surface area (Å²) in [5, 5.41) is 13.2. The summed E-state index contributed by atoms with van der Waals surface area (Å²) in [4.78, 5) is 37.7. The van der Waals surface area contributed by atoms with Crippen LogP contribution in [0.5, 0.6) is 0 Å². The Kier molecular flexibility index (Phi) is 7.40. The lowest BCUT2D eigenvalue weighted by atomic mass is 9.94. The number of ether oxygens (including phenoxy) is 1. The molecule has 8 nitrogen and oxygen atoms in total. The maximum atomic E-state index is 13.3. The van der Waals surface area contributed by atoms with Crippen molar-refractivity contribution in [3.63, 3.8) is 0 Å². The molecule has 2 aromatic heterocycles. The van der Waals surface area contributed by atoms with E-state index in [1.807, 2.05) is 18.2 Å². The van der Waals surface area contributed by atoms with Gasteiger partial charge in [0.05, 0.1) is 51.7 Å². The van der Waals surface area contributed by atoms with Crippen molar-refractivity contribution in [2.45, 2.75) is 12.5 Å². The second-order valence-electron chi connectivity index (χ2n) is 8.58. The van der Waals surface area contributed by atoms with Gasteiger partial charge in [0.25, 0.3) is 5.91 Å². The van der Waals surface area contributed by atoms with E-state index in [9.17, 15) is 14.9 Å². The predicted molar refractivity (Wildman–Crippen MR) is 150 cm³/mol. The molecule has 194 valence electrons. The number of hydrogen-bond acceptors (Lipinski definition) is 6. The quantitative estimate of drug-likeness (QED) is 0.234. The fourth-order valence-corrected chi connectivity index (χ4v) is 5.39. The van der Waals surface area contributed by atoms with E-state index in [4.69, 9.17) is 39.5 Å². The van der Waals surface area contributed by atoms with Crippen molar-refractivity contribution >= 4 is 68.6 Å². The number of pyridine rings is 1. The summed E-state index contributed by atoms with van der Waals surface area (Å²) < 4.78 is 4.99. The van der Waals surface area contributed by atoms with E-state index in [0.717, 1.165) is 16.5 Å². The second kappa shape index (κ2) is 10.9. The van der Waals surface area contributed by atoms with Crippen LogP contribution in [0, 0.1) is 11.3 Å². The van der Waals surface area contributed by atoms with Gasteiger partial charge in [-0.1, -0.05) is 59.1 Å². The van der Waals surface area contributed by atoms with Gasteiger partial charge in [-0.2, -0.15) is 5.26 Å². The van der Waals surface area contributed by atoms with E-state index in [2.05, 4.69) is 26.3 Å². The Hall–Kier alpha value is -4.16. The standard InChI is InChI=1S/C28H18Cl3N5O3/c1-39-28(38)22(36-27(37)23-20(30)11-21-26(24(23)31)35-13-34-21)10-15-5-7-18(25-16(15)3-2-8-33-25)17-6-4-14(12-32)9-19(17)29/h2-9,11,13,22H,10H2,1H3,(H,34,35)(H,36,37)/t22-/m0/s1. The van der Waals surface area contributed by atoms with Crippen molar-refractivity contribution < 1.29 is 14.3 Å². The molecule has 0 fully saturated rings. The number of aromatic amines is 1. The van der Waals surface area contributed by atoms with Crippen LogP contribution in [0.2, 0.25) is 15.1 Å². The SMILES string of the molecule is COC(=O)[C@H](Cc1ccc(-c2ccc(C#N)cc2Cl)c2ncccc12)NC(=O)c1c(Cl)cc2[nH]cnc2c1Cl. The number of amides is 1. The summed E-state index contributed by atoms with van der Waals surface area (Å²) in [6.45, 7) is 0. The van der Waals surface area contributed by atoms with E-state index in [1.54, 1.807) is 36.5 Å². The molecule has 5 aromatic rings. The van der Waals surface area contributed by atoms with Crippen LogP contribution in [0.4, 0.5) is 0 Å². The lowest BCUT2D eigenvalue weighted by Crippen LogP contribution is -2.43. The van der Waals surface area contributed by atoms with Gasteiger partial charge in [0.1, 0.15) is 11.6 Å².